The standard InChI is InChI=1S/C14H21N2O/c1-11(2)9-16-7-8-17-14(10-16)12-3-5-13(15)6-4-12/h3-6,14H,7-10,15H2,1-2H3/t14-/m1/s1. The second kappa shape index (κ2) is 5.52. The van der Waals surface area contributed by atoms with Crippen LogP contribution in [0.2, 0.25) is 0 Å². The molecule has 1 heterocycles. The topological polar surface area (TPSA) is 38.5 Å². The molecule has 1 aliphatic rings. The van der Waals surface area contributed by atoms with Crippen LogP contribution in [0.4, 0.5) is 5.69 Å². The number of rotatable bonds is 3. The quantitative estimate of drug-likeness (QED) is 0.814. The average Bonchev–Trinajstić information content (AvgIpc) is 2.29. The van der Waals surface area contributed by atoms with Gasteiger partial charge < -0.3 is 10.5 Å². The highest BCUT2D eigenvalue weighted by atomic mass is 16.5. The second-order valence-electron chi connectivity index (χ2n) is 4.97. The Labute approximate surface area is 104 Å². The van der Waals surface area contributed by atoms with Crippen LogP contribution in [-0.2, 0) is 4.74 Å². The SMILES string of the molecule is C[C](C)CN1CCO[C@@H](c2ccc(N)cc2)C1. The molecule has 1 aliphatic heterocycles. The van der Waals surface area contributed by atoms with Crippen molar-refractivity contribution in [3.8, 4) is 0 Å². The lowest BCUT2D eigenvalue weighted by Crippen LogP contribution is -2.39. The van der Waals surface area contributed by atoms with Crippen molar-refractivity contribution in [2.75, 3.05) is 32.0 Å². The van der Waals surface area contributed by atoms with E-state index in [4.69, 9.17) is 10.5 Å². The molecule has 17 heavy (non-hydrogen) atoms. The highest BCUT2D eigenvalue weighted by Gasteiger charge is 2.22. The van der Waals surface area contributed by atoms with Crippen LogP contribution in [0.15, 0.2) is 24.3 Å². The number of hydrogen-bond acceptors (Lipinski definition) is 3. The number of anilines is 1. The lowest BCUT2D eigenvalue weighted by Gasteiger charge is -2.34. The minimum Gasteiger partial charge on any atom is -0.399 e. The third-order valence-corrected chi connectivity index (χ3v) is 3.00. The third-order valence-electron chi connectivity index (χ3n) is 3.00. The molecule has 0 amide bonds. The van der Waals surface area contributed by atoms with Crippen molar-refractivity contribution in [2.24, 2.45) is 0 Å². The van der Waals surface area contributed by atoms with Crippen LogP contribution < -0.4 is 5.73 Å². The first-order chi connectivity index (χ1) is 8.15. The van der Waals surface area contributed by atoms with Crippen molar-refractivity contribution >= 4 is 5.69 Å². The van der Waals surface area contributed by atoms with Gasteiger partial charge in [0.25, 0.3) is 0 Å². The fourth-order valence-electron chi connectivity index (χ4n) is 2.21. The molecule has 1 saturated heterocycles. The Kier molecular flexibility index (Phi) is 4.02. The fourth-order valence-corrected chi connectivity index (χ4v) is 2.21. The van der Waals surface area contributed by atoms with Crippen LogP contribution in [-0.4, -0.2) is 31.1 Å². The Balaban J connectivity index is 1.99. The molecule has 1 radical (unpaired) electrons. The molecular formula is C14H21N2O. The Morgan fingerprint density at radius 3 is 2.71 bits per heavy atom. The number of morpholine rings is 1. The van der Waals surface area contributed by atoms with Gasteiger partial charge >= 0.3 is 0 Å². The number of nitrogen functional groups attached to an aromatic ring is 1. The Bertz CT molecular complexity index is 348. The summed E-state index contributed by atoms with van der Waals surface area (Å²) in [6, 6.07) is 8.00. The first-order valence-electron chi connectivity index (χ1n) is 6.13. The van der Waals surface area contributed by atoms with Crippen LogP contribution in [0.1, 0.15) is 25.5 Å². The van der Waals surface area contributed by atoms with E-state index in [0.717, 1.165) is 31.9 Å². The highest BCUT2D eigenvalue weighted by molar-refractivity contribution is 5.40. The molecule has 3 heteroatoms. The van der Waals surface area contributed by atoms with E-state index in [1.54, 1.807) is 0 Å². The number of benzene rings is 1. The summed E-state index contributed by atoms with van der Waals surface area (Å²) in [6.07, 6.45) is 0.184. The Morgan fingerprint density at radius 2 is 2.06 bits per heavy atom. The van der Waals surface area contributed by atoms with Crippen molar-refractivity contribution in [3.63, 3.8) is 0 Å². The molecule has 1 atom stereocenters. The summed E-state index contributed by atoms with van der Waals surface area (Å²) >= 11 is 0. The maximum Gasteiger partial charge on any atom is 0.0952 e. The minimum atomic E-state index is 0.184. The van der Waals surface area contributed by atoms with E-state index in [0.29, 0.717) is 0 Å². The van der Waals surface area contributed by atoms with Crippen molar-refractivity contribution in [2.45, 2.75) is 20.0 Å². The molecule has 0 bridgehead atoms. The molecule has 1 aromatic rings. The smallest absolute Gasteiger partial charge is 0.0952 e. The van der Waals surface area contributed by atoms with E-state index in [9.17, 15) is 0 Å². The normalized spacial score (nSPS) is 21.9. The Morgan fingerprint density at radius 1 is 1.35 bits per heavy atom. The first kappa shape index (κ1) is 12.4. The number of hydrogen-bond donors (Lipinski definition) is 1. The van der Waals surface area contributed by atoms with Gasteiger partial charge in [-0.1, -0.05) is 26.0 Å². The van der Waals surface area contributed by atoms with E-state index in [2.05, 4.69) is 30.9 Å². The molecule has 93 valence electrons. The van der Waals surface area contributed by atoms with E-state index in [1.807, 2.05) is 12.1 Å². The Hall–Kier alpha value is -1.06. The summed E-state index contributed by atoms with van der Waals surface area (Å²) in [7, 11) is 0. The molecule has 1 fully saturated rings. The van der Waals surface area contributed by atoms with Gasteiger partial charge in [-0.25, -0.2) is 0 Å². The maximum absolute atomic E-state index is 5.82. The van der Waals surface area contributed by atoms with Gasteiger partial charge in [0.05, 0.1) is 12.7 Å². The molecule has 1 aromatic carbocycles. The van der Waals surface area contributed by atoms with Crippen molar-refractivity contribution in [1.82, 2.24) is 4.90 Å². The van der Waals surface area contributed by atoms with E-state index >= 15 is 0 Å². The molecular weight excluding hydrogens is 212 g/mol. The van der Waals surface area contributed by atoms with Gasteiger partial charge in [-0.05, 0) is 23.6 Å². The van der Waals surface area contributed by atoms with Crippen LogP contribution in [0, 0.1) is 5.92 Å². The molecule has 0 saturated carbocycles. The average molecular weight is 233 g/mol. The van der Waals surface area contributed by atoms with Gasteiger partial charge in [0.2, 0.25) is 0 Å². The predicted molar refractivity (Wildman–Crippen MR) is 70.6 cm³/mol. The predicted octanol–water partition coefficient (Wildman–Crippen LogP) is 2.26. The van der Waals surface area contributed by atoms with Crippen molar-refractivity contribution in [1.29, 1.82) is 0 Å². The second-order valence-corrected chi connectivity index (χ2v) is 4.97. The summed E-state index contributed by atoms with van der Waals surface area (Å²) in [5, 5.41) is 0. The third kappa shape index (κ3) is 3.45. The zero-order valence-electron chi connectivity index (χ0n) is 10.6. The van der Waals surface area contributed by atoms with E-state index in [-0.39, 0.29) is 6.10 Å². The molecule has 2 rings (SSSR count). The highest BCUT2D eigenvalue weighted by Crippen LogP contribution is 2.23. The van der Waals surface area contributed by atoms with E-state index < -0.39 is 0 Å². The summed E-state index contributed by atoms with van der Waals surface area (Å²) in [5.41, 5.74) is 7.72. The van der Waals surface area contributed by atoms with Crippen LogP contribution in [0.25, 0.3) is 0 Å². The van der Waals surface area contributed by atoms with Crippen molar-refractivity contribution in [3.05, 3.63) is 35.7 Å². The monoisotopic (exact) mass is 233 g/mol. The molecule has 0 spiro atoms. The lowest BCUT2D eigenvalue weighted by atomic mass is 10.1. The van der Waals surface area contributed by atoms with E-state index in [1.165, 1.54) is 11.5 Å². The largest absolute Gasteiger partial charge is 0.399 e. The zero-order chi connectivity index (χ0) is 12.3. The maximum atomic E-state index is 5.82. The zero-order valence-corrected chi connectivity index (χ0v) is 10.6. The van der Waals surface area contributed by atoms with Crippen molar-refractivity contribution < 1.29 is 4.74 Å². The lowest BCUT2D eigenvalue weighted by molar-refractivity contribution is -0.0283. The minimum absolute atomic E-state index is 0.184. The van der Waals surface area contributed by atoms with Gasteiger partial charge in [-0.3, -0.25) is 4.90 Å². The molecule has 0 aromatic heterocycles. The van der Waals surface area contributed by atoms with Gasteiger partial charge in [-0.15, -0.1) is 0 Å². The molecule has 0 aliphatic carbocycles. The van der Waals surface area contributed by atoms with Crippen LogP contribution >= 0.6 is 0 Å². The first-order valence-corrected chi connectivity index (χ1v) is 6.13. The summed E-state index contributed by atoms with van der Waals surface area (Å²) in [4.78, 5) is 2.44. The number of nitrogens with two attached hydrogens (primary N) is 1. The van der Waals surface area contributed by atoms with Crippen LogP contribution in [0.5, 0.6) is 0 Å². The summed E-state index contributed by atoms with van der Waals surface area (Å²) < 4.78 is 5.82. The molecule has 3 nitrogen and oxygen atoms in total. The van der Waals surface area contributed by atoms with Gasteiger partial charge in [0, 0.05) is 25.3 Å². The molecule has 0 unspecified atom stereocenters. The van der Waals surface area contributed by atoms with Crippen LogP contribution in [0.3, 0.4) is 0 Å². The summed E-state index contributed by atoms with van der Waals surface area (Å²) in [5.74, 6) is 1.45. The fraction of sp³-hybridized carbons (Fsp3) is 0.500. The van der Waals surface area contributed by atoms with Gasteiger partial charge in [-0.2, -0.15) is 0 Å². The van der Waals surface area contributed by atoms with Gasteiger partial charge in [0.1, 0.15) is 0 Å². The number of ether oxygens (including phenoxy) is 1. The summed E-state index contributed by atoms with van der Waals surface area (Å²) in [6.45, 7) is 8.21. The van der Waals surface area contributed by atoms with Gasteiger partial charge in [0.15, 0.2) is 0 Å². The number of nitrogens with zero attached hydrogens (tertiary/aromatic N) is 1. The molecule has 2 N–H and O–H groups in total.